The molecule has 2 rings (SSSR count). The number of carbonyl (C=O) groups excluding carboxylic acids is 1. The number of nitrogens with two attached hydrogens (primary N) is 1. The minimum atomic E-state index is -0.597. The van der Waals surface area contributed by atoms with Gasteiger partial charge in [-0.15, -0.1) is 36.2 Å². The van der Waals surface area contributed by atoms with Gasteiger partial charge in [0.1, 0.15) is 5.01 Å². The summed E-state index contributed by atoms with van der Waals surface area (Å²) >= 11 is 1.59. The summed E-state index contributed by atoms with van der Waals surface area (Å²) in [6.07, 6.45) is 2.44. The molecule has 1 aromatic rings. The Kier molecular flexibility index (Phi) is 6.57. The monoisotopic (exact) mass is 311 g/mol. The number of nitrogens with one attached hydrogen (secondary N) is 1. The van der Waals surface area contributed by atoms with E-state index in [1.165, 1.54) is 0 Å². The van der Waals surface area contributed by atoms with Gasteiger partial charge < -0.3 is 11.1 Å². The predicted octanol–water partition coefficient (Wildman–Crippen LogP) is 2.35. The van der Waals surface area contributed by atoms with Gasteiger partial charge in [0.15, 0.2) is 0 Å². The number of halogens is 2. The molecule has 1 aliphatic carbocycles. The molecule has 1 aromatic heterocycles. The van der Waals surface area contributed by atoms with E-state index in [2.05, 4.69) is 10.3 Å². The highest BCUT2D eigenvalue weighted by atomic mass is 35.5. The molecule has 1 atom stereocenters. The lowest BCUT2D eigenvalue weighted by molar-refractivity contribution is -0.124. The van der Waals surface area contributed by atoms with Crippen LogP contribution in [-0.2, 0) is 4.79 Å². The van der Waals surface area contributed by atoms with Crippen molar-refractivity contribution in [3.63, 3.8) is 0 Å². The first-order chi connectivity index (χ1) is 7.55. The van der Waals surface area contributed by atoms with Crippen LogP contribution in [0.2, 0.25) is 0 Å². The van der Waals surface area contributed by atoms with Crippen LogP contribution in [0.25, 0.3) is 0 Å². The Labute approximate surface area is 124 Å². The van der Waals surface area contributed by atoms with E-state index in [0.717, 1.165) is 30.0 Å². The van der Waals surface area contributed by atoms with Gasteiger partial charge in [0, 0.05) is 11.1 Å². The van der Waals surface area contributed by atoms with Gasteiger partial charge in [-0.25, -0.2) is 4.98 Å². The van der Waals surface area contributed by atoms with Crippen LogP contribution < -0.4 is 11.1 Å². The average molecular weight is 312 g/mol. The van der Waals surface area contributed by atoms with Gasteiger partial charge in [-0.3, -0.25) is 4.79 Å². The molecule has 0 spiro atoms. The number of rotatable bonds is 4. The molecule has 18 heavy (non-hydrogen) atoms. The van der Waals surface area contributed by atoms with Crippen molar-refractivity contribution in [3.05, 3.63) is 16.1 Å². The number of aryl methyl sites for hydroxylation is 1. The van der Waals surface area contributed by atoms with Crippen molar-refractivity contribution in [1.29, 1.82) is 0 Å². The Morgan fingerprint density at radius 1 is 1.61 bits per heavy atom. The third-order valence-electron chi connectivity index (χ3n) is 2.89. The van der Waals surface area contributed by atoms with Crippen molar-refractivity contribution < 1.29 is 4.79 Å². The molecule has 0 aliphatic heterocycles. The Morgan fingerprint density at radius 3 is 2.61 bits per heavy atom. The van der Waals surface area contributed by atoms with Crippen LogP contribution in [0.4, 0.5) is 0 Å². The van der Waals surface area contributed by atoms with E-state index in [-0.39, 0.29) is 36.8 Å². The number of nitrogens with zero attached hydrogens (tertiary/aromatic N) is 1. The van der Waals surface area contributed by atoms with Crippen molar-refractivity contribution in [2.24, 2.45) is 5.73 Å². The van der Waals surface area contributed by atoms with Gasteiger partial charge in [-0.05, 0) is 26.2 Å². The molecular formula is C11H19Cl2N3OS. The van der Waals surface area contributed by atoms with Gasteiger partial charge in [0.05, 0.1) is 11.6 Å². The van der Waals surface area contributed by atoms with Crippen molar-refractivity contribution in [2.75, 3.05) is 0 Å². The summed E-state index contributed by atoms with van der Waals surface area (Å²) in [6, 6.07) is 0.00669. The number of hydrogen-bond donors (Lipinski definition) is 2. The maximum absolute atomic E-state index is 11.8. The van der Waals surface area contributed by atoms with E-state index in [0.29, 0.717) is 0 Å². The summed E-state index contributed by atoms with van der Waals surface area (Å²) in [7, 11) is 0. The lowest BCUT2D eigenvalue weighted by atomic mass is 10.2. The van der Waals surface area contributed by atoms with Gasteiger partial charge in [0.2, 0.25) is 5.91 Å². The minimum absolute atomic E-state index is 0. The second-order valence-electron chi connectivity index (χ2n) is 4.42. The largest absolute Gasteiger partial charge is 0.345 e. The molecule has 0 bridgehead atoms. The summed E-state index contributed by atoms with van der Waals surface area (Å²) in [5.74, 6) is -0.0350. The van der Waals surface area contributed by atoms with Gasteiger partial charge in [0.25, 0.3) is 0 Å². The molecule has 1 fully saturated rings. The van der Waals surface area contributed by atoms with Gasteiger partial charge in [-0.2, -0.15) is 0 Å². The zero-order chi connectivity index (χ0) is 11.8. The highest BCUT2D eigenvalue weighted by Crippen LogP contribution is 2.33. The molecule has 7 heteroatoms. The summed E-state index contributed by atoms with van der Waals surface area (Å²) in [4.78, 5) is 16.2. The van der Waals surface area contributed by atoms with Crippen LogP contribution >= 0.6 is 36.2 Å². The topological polar surface area (TPSA) is 68.0 Å². The van der Waals surface area contributed by atoms with Crippen LogP contribution in [0.1, 0.15) is 42.9 Å². The molecule has 1 saturated carbocycles. The van der Waals surface area contributed by atoms with Crippen molar-refractivity contribution in [3.8, 4) is 0 Å². The Hall–Kier alpha value is -0.360. The molecule has 104 valence electrons. The molecule has 0 aromatic carbocycles. The zero-order valence-electron chi connectivity index (χ0n) is 10.4. The zero-order valence-corrected chi connectivity index (χ0v) is 12.9. The van der Waals surface area contributed by atoms with E-state index < -0.39 is 5.54 Å². The number of thiazole rings is 1. The maximum Gasteiger partial charge on any atom is 0.240 e. The van der Waals surface area contributed by atoms with E-state index in [1.807, 2.05) is 19.2 Å². The Balaban J connectivity index is 0.00000144. The fourth-order valence-corrected chi connectivity index (χ4v) is 2.46. The second-order valence-corrected chi connectivity index (χ2v) is 5.31. The summed E-state index contributed by atoms with van der Waals surface area (Å²) in [5.41, 5.74) is 6.25. The first-order valence-electron chi connectivity index (χ1n) is 5.57. The molecule has 0 radical (unpaired) electrons. The van der Waals surface area contributed by atoms with E-state index in [1.54, 1.807) is 11.3 Å². The van der Waals surface area contributed by atoms with E-state index in [9.17, 15) is 4.79 Å². The van der Waals surface area contributed by atoms with Crippen LogP contribution in [0.15, 0.2) is 5.38 Å². The molecular weight excluding hydrogens is 293 g/mol. The fraction of sp³-hybridized carbons (Fsp3) is 0.636. The smallest absolute Gasteiger partial charge is 0.240 e. The minimum Gasteiger partial charge on any atom is -0.345 e. The summed E-state index contributed by atoms with van der Waals surface area (Å²) in [5, 5.41) is 5.95. The standard InChI is InChI=1S/C11H17N3OS.2ClH/c1-3-8(9-13-7(2)6-16-9)14-10(15)11(12)4-5-11;;/h6,8H,3-5,12H2,1-2H3,(H,14,15);2*1H. The molecule has 1 unspecified atom stereocenters. The van der Waals surface area contributed by atoms with Crippen LogP contribution in [0, 0.1) is 6.92 Å². The maximum atomic E-state index is 11.8. The third kappa shape index (κ3) is 3.82. The predicted molar refractivity (Wildman–Crippen MR) is 78.7 cm³/mol. The SMILES string of the molecule is CCC(NC(=O)C1(N)CC1)c1nc(C)cs1.Cl.Cl. The summed E-state index contributed by atoms with van der Waals surface area (Å²) < 4.78 is 0. The first kappa shape index (κ1) is 17.6. The highest BCUT2D eigenvalue weighted by molar-refractivity contribution is 7.09. The summed E-state index contributed by atoms with van der Waals surface area (Å²) in [6.45, 7) is 4.00. The van der Waals surface area contributed by atoms with Gasteiger partial charge in [-0.1, -0.05) is 6.92 Å². The fourth-order valence-electron chi connectivity index (χ4n) is 1.53. The van der Waals surface area contributed by atoms with Crippen LogP contribution in [-0.4, -0.2) is 16.4 Å². The van der Waals surface area contributed by atoms with E-state index >= 15 is 0 Å². The quantitative estimate of drug-likeness (QED) is 0.897. The van der Waals surface area contributed by atoms with Crippen LogP contribution in [0.5, 0.6) is 0 Å². The lowest BCUT2D eigenvalue weighted by Crippen LogP contribution is -2.44. The van der Waals surface area contributed by atoms with Crippen molar-refractivity contribution in [2.45, 2.75) is 44.7 Å². The number of amides is 1. The molecule has 1 aliphatic rings. The normalized spacial score (nSPS) is 17.1. The Bertz CT molecular complexity index is 407. The second kappa shape index (κ2) is 6.70. The lowest BCUT2D eigenvalue weighted by Gasteiger charge is -2.17. The average Bonchev–Trinajstić information content (AvgIpc) is 2.86. The first-order valence-corrected chi connectivity index (χ1v) is 6.45. The van der Waals surface area contributed by atoms with Gasteiger partial charge >= 0.3 is 0 Å². The number of aromatic nitrogens is 1. The van der Waals surface area contributed by atoms with Crippen LogP contribution in [0.3, 0.4) is 0 Å². The highest BCUT2D eigenvalue weighted by Gasteiger charge is 2.46. The number of carbonyl (C=O) groups is 1. The van der Waals surface area contributed by atoms with Crippen molar-refractivity contribution >= 4 is 42.1 Å². The number of hydrogen-bond acceptors (Lipinski definition) is 4. The molecule has 1 heterocycles. The molecule has 3 N–H and O–H groups in total. The Morgan fingerprint density at radius 2 is 2.22 bits per heavy atom. The van der Waals surface area contributed by atoms with Crippen molar-refractivity contribution in [1.82, 2.24) is 10.3 Å². The third-order valence-corrected chi connectivity index (χ3v) is 3.97. The van der Waals surface area contributed by atoms with E-state index in [4.69, 9.17) is 5.73 Å². The molecule has 1 amide bonds. The molecule has 0 saturated heterocycles. The molecule has 4 nitrogen and oxygen atoms in total.